The Morgan fingerprint density at radius 2 is 0.767 bits per heavy atom. The first-order valence-electron chi connectivity index (χ1n) is 10.8. The molecule has 30 heavy (non-hydrogen) atoms. The topological polar surface area (TPSA) is 74.8 Å². The maximum atomic E-state index is 12.8. The van der Waals surface area contributed by atoms with Crippen LogP contribution in [0.2, 0.25) is 0 Å². The smallest absolute Gasteiger partial charge is 0.261 e. The van der Waals surface area contributed by atoms with Gasteiger partial charge in [0.15, 0.2) is 0 Å². The molecule has 0 aromatic heterocycles. The molecule has 0 N–H and O–H groups in total. The molecule has 0 saturated heterocycles. The van der Waals surface area contributed by atoms with E-state index in [0.29, 0.717) is 59.0 Å². The Hall–Kier alpha value is -3.02. The third kappa shape index (κ3) is 3.40. The van der Waals surface area contributed by atoms with Gasteiger partial charge in [0.05, 0.1) is 0 Å². The molecule has 4 rings (SSSR count). The molecule has 0 fully saturated rings. The predicted molar refractivity (Wildman–Crippen MR) is 118 cm³/mol. The van der Waals surface area contributed by atoms with Crippen molar-refractivity contribution in [2.24, 2.45) is 0 Å². The van der Waals surface area contributed by atoms with E-state index in [1.807, 2.05) is 41.5 Å². The second kappa shape index (κ2) is 9.65. The van der Waals surface area contributed by atoms with Crippen molar-refractivity contribution < 1.29 is 19.2 Å². The SMILES string of the molecule is CC.CC.CCCN1C(=O)c2ccc3c4c(ccc(c24)C1=O)C(=O)N(CCC)C3=O. The Labute approximate surface area is 177 Å². The van der Waals surface area contributed by atoms with Crippen LogP contribution < -0.4 is 0 Å². The van der Waals surface area contributed by atoms with Crippen molar-refractivity contribution in [3.63, 3.8) is 0 Å². The van der Waals surface area contributed by atoms with Crippen molar-refractivity contribution in [2.45, 2.75) is 54.4 Å². The van der Waals surface area contributed by atoms with Gasteiger partial charge in [0.2, 0.25) is 0 Å². The summed E-state index contributed by atoms with van der Waals surface area (Å²) in [5.74, 6) is -1.49. The lowest BCUT2D eigenvalue weighted by molar-refractivity contribution is 0.0589. The molecule has 160 valence electrons. The Morgan fingerprint density at radius 3 is 0.967 bits per heavy atom. The van der Waals surface area contributed by atoms with Crippen molar-refractivity contribution in [1.82, 2.24) is 9.80 Å². The first kappa shape index (κ1) is 23.3. The minimum Gasteiger partial charge on any atom is -0.274 e. The van der Waals surface area contributed by atoms with Crippen molar-refractivity contribution >= 4 is 34.4 Å². The molecular weight excluding hydrogens is 380 g/mol. The van der Waals surface area contributed by atoms with Crippen LogP contribution in [0, 0.1) is 0 Å². The van der Waals surface area contributed by atoms with E-state index in [1.54, 1.807) is 24.3 Å². The van der Waals surface area contributed by atoms with E-state index in [-0.39, 0.29) is 23.6 Å². The third-order valence-electron chi connectivity index (χ3n) is 4.96. The van der Waals surface area contributed by atoms with Crippen LogP contribution in [0.15, 0.2) is 24.3 Å². The fraction of sp³-hybridized carbons (Fsp3) is 0.417. The van der Waals surface area contributed by atoms with E-state index >= 15 is 0 Å². The zero-order valence-corrected chi connectivity index (χ0v) is 18.7. The molecule has 0 atom stereocenters. The number of amides is 4. The van der Waals surface area contributed by atoms with Gasteiger partial charge in [-0.15, -0.1) is 0 Å². The Kier molecular flexibility index (Phi) is 7.48. The van der Waals surface area contributed by atoms with Gasteiger partial charge in [-0.25, -0.2) is 0 Å². The molecule has 2 aliphatic rings. The molecular formula is C24H30N2O4. The summed E-state index contributed by atoms with van der Waals surface area (Å²) in [4.78, 5) is 53.6. The van der Waals surface area contributed by atoms with Gasteiger partial charge in [0.25, 0.3) is 23.6 Å². The standard InChI is InChI=1S/C20H18N2O4.2C2H6/c1-3-9-21-17(23)11-5-7-13-16-14(8-6-12(15(11)16)18(21)24)20(26)22(10-4-2)19(13)25;2*1-2/h5-8H,3-4,9-10H2,1-2H3;2*1-2H3. The molecule has 0 unspecified atom stereocenters. The zero-order valence-electron chi connectivity index (χ0n) is 18.7. The lowest BCUT2D eigenvalue weighted by Gasteiger charge is -2.31. The van der Waals surface area contributed by atoms with Crippen LogP contribution in [-0.4, -0.2) is 46.5 Å². The lowest BCUT2D eigenvalue weighted by Crippen LogP contribution is -2.43. The highest BCUT2D eigenvalue weighted by molar-refractivity contribution is 6.33. The highest BCUT2D eigenvalue weighted by atomic mass is 16.2. The van der Waals surface area contributed by atoms with Gasteiger partial charge in [-0.2, -0.15) is 0 Å². The van der Waals surface area contributed by atoms with Crippen molar-refractivity contribution in [2.75, 3.05) is 13.1 Å². The zero-order chi connectivity index (χ0) is 22.6. The lowest BCUT2D eigenvalue weighted by atomic mass is 9.86. The highest BCUT2D eigenvalue weighted by Crippen LogP contribution is 2.37. The van der Waals surface area contributed by atoms with Crippen LogP contribution in [-0.2, 0) is 0 Å². The van der Waals surface area contributed by atoms with Gasteiger partial charge in [0.1, 0.15) is 0 Å². The molecule has 2 aromatic carbocycles. The molecule has 0 saturated carbocycles. The normalized spacial score (nSPS) is 14.3. The van der Waals surface area contributed by atoms with Gasteiger partial charge >= 0.3 is 0 Å². The second-order valence-electron chi connectivity index (χ2n) is 6.60. The Bertz CT molecular complexity index is 859. The number of rotatable bonds is 4. The predicted octanol–water partition coefficient (Wildman–Crippen LogP) is 4.90. The molecule has 0 radical (unpaired) electrons. The maximum absolute atomic E-state index is 12.8. The van der Waals surface area contributed by atoms with E-state index < -0.39 is 0 Å². The molecule has 4 amide bonds. The minimum absolute atomic E-state index is 0.338. The fourth-order valence-corrected chi connectivity index (χ4v) is 3.83. The summed E-state index contributed by atoms with van der Waals surface area (Å²) in [6, 6.07) is 6.39. The maximum Gasteiger partial charge on any atom is 0.261 e. The largest absolute Gasteiger partial charge is 0.274 e. The first-order chi connectivity index (χ1) is 14.5. The van der Waals surface area contributed by atoms with E-state index in [9.17, 15) is 19.2 Å². The van der Waals surface area contributed by atoms with Crippen LogP contribution in [0.5, 0.6) is 0 Å². The summed E-state index contributed by atoms with van der Waals surface area (Å²) in [5.41, 5.74) is 1.49. The van der Waals surface area contributed by atoms with Crippen molar-refractivity contribution in [3.8, 4) is 0 Å². The Balaban J connectivity index is 0.000000757. The number of benzene rings is 2. The van der Waals surface area contributed by atoms with E-state index in [4.69, 9.17) is 0 Å². The third-order valence-corrected chi connectivity index (χ3v) is 4.96. The van der Waals surface area contributed by atoms with Gasteiger partial charge in [-0.05, 0) is 37.1 Å². The second-order valence-corrected chi connectivity index (χ2v) is 6.60. The molecule has 2 heterocycles. The average molecular weight is 411 g/mol. The van der Waals surface area contributed by atoms with Crippen LogP contribution in [0.3, 0.4) is 0 Å². The van der Waals surface area contributed by atoms with Gasteiger partial charge in [-0.1, -0.05) is 41.5 Å². The van der Waals surface area contributed by atoms with Gasteiger partial charge < -0.3 is 0 Å². The van der Waals surface area contributed by atoms with Crippen LogP contribution in [0.1, 0.15) is 95.8 Å². The first-order valence-corrected chi connectivity index (χ1v) is 10.8. The summed E-state index contributed by atoms with van der Waals surface area (Å²) in [6.07, 6.45) is 1.32. The number of nitrogens with zero attached hydrogens (tertiary/aromatic N) is 2. The molecule has 0 bridgehead atoms. The number of hydrogen-bond acceptors (Lipinski definition) is 4. The molecule has 2 aliphatic heterocycles. The number of carbonyl (C=O) groups is 4. The number of carbonyl (C=O) groups excluding carboxylic acids is 4. The quantitative estimate of drug-likeness (QED) is 0.672. The van der Waals surface area contributed by atoms with Crippen molar-refractivity contribution in [1.29, 1.82) is 0 Å². The molecule has 0 aliphatic carbocycles. The summed E-state index contributed by atoms with van der Waals surface area (Å²) < 4.78 is 0. The van der Waals surface area contributed by atoms with Gasteiger partial charge in [-0.3, -0.25) is 29.0 Å². The molecule has 0 spiro atoms. The molecule has 6 nitrogen and oxygen atoms in total. The summed E-state index contributed by atoms with van der Waals surface area (Å²) >= 11 is 0. The molecule has 6 heteroatoms. The fourth-order valence-electron chi connectivity index (χ4n) is 3.83. The van der Waals surface area contributed by atoms with Crippen LogP contribution in [0.4, 0.5) is 0 Å². The summed E-state index contributed by atoms with van der Waals surface area (Å²) in [7, 11) is 0. The van der Waals surface area contributed by atoms with Crippen molar-refractivity contribution in [3.05, 3.63) is 46.5 Å². The monoisotopic (exact) mass is 410 g/mol. The van der Waals surface area contributed by atoms with Gasteiger partial charge in [0, 0.05) is 46.1 Å². The van der Waals surface area contributed by atoms with Crippen LogP contribution >= 0.6 is 0 Å². The van der Waals surface area contributed by atoms with E-state index in [1.165, 1.54) is 9.80 Å². The summed E-state index contributed by atoms with van der Waals surface area (Å²) in [5, 5.41) is 0.861. The summed E-state index contributed by atoms with van der Waals surface area (Å²) in [6.45, 7) is 12.5. The van der Waals surface area contributed by atoms with E-state index in [0.717, 1.165) is 0 Å². The number of hydrogen-bond donors (Lipinski definition) is 0. The molecule has 2 aromatic rings. The van der Waals surface area contributed by atoms with Crippen LogP contribution in [0.25, 0.3) is 10.8 Å². The minimum atomic E-state index is -0.371. The number of imide groups is 2. The Morgan fingerprint density at radius 1 is 0.533 bits per heavy atom. The highest BCUT2D eigenvalue weighted by Gasteiger charge is 2.38. The average Bonchev–Trinajstić information content (AvgIpc) is 2.79. The van der Waals surface area contributed by atoms with E-state index in [2.05, 4.69) is 0 Å².